The SMILES string of the molecule is CCC(CO)Nc1cc(C)nc(Oc2c(C)cc(Cl)cc2C)c1CNC. The van der Waals surface area contributed by atoms with E-state index < -0.39 is 0 Å². The van der Waals surface area contributed by atoms with Crippen molar-refractivity contribution in [3.63, 3.8) is 0 Å². The maximum absolute atomic E-state index is 9.54. The first-order valence-electron chi connectivity index (χ1n) is 8.86. The first-order valence-corrected chi connectivity index (χ1v) is 9.24. The van der Waals surface area contributed by atoms with E-state index in [0.717, 1.165) is 40.2 Å². The van der Waals surface area contributed by atoms with Crippen molar-refractivity contribution in [1.82, 2.24) is 10.3 Å². The molecule has 2 aromatic rings. The summed E-state index contributed by atoms with van der Waals surface area (Å²) in [7, 11) is 1.88. The molecule has 6 heteroatoms. The maximum Gasteiger partial charge on any atom is 0.226 e. The molecule has 26 heavy (non-hydrogen) atoms. The zero-order chi connectivity index (χ0) is 19.3. The number of aryl methyl sites for hydroxylation is 3. The highest BCUT2D eigenvalue weighted by Gasteiger charge is 2.17. The van der Waals surface area contributed by atoms with Gasteiger partial charge < -0.3 is 20.5 Å². The minimum atomic E-state index is -0.0146. The Kier molecular flexibility index (Phi) is 7.26. The highest BCUT2D eigenvalue weighted by atomic mass is 35.5. The third-order valence-corrected chi connectivity index (χ3v) is 4.48. The Bertz CT molecular complexity index is 738. The molecule has 0 saturated carbocycles. The molecule has 0 fully saturated rings. The largest absolute Gasteiger partial charge is 0.438 e. The second-order valence-corrected chi connectivity index (χ2v) is 6.96. The number of aliphatic hydroxyl groups is 1. The van der Waals surface area contributed by atoms with Crippen LogP contribution in [0.25, 0.3) is 0 Å². The van der Waals surface area contributed by atoms with E-state index in [9.17, 15) is 5.11 Å². The summed E-state index contributed by atoms with van der Waals surface area (Å²) in [6, 6.07) is 5.74. The second kappa shape index (κ2) is 9.21. The summed E-state index contributed by atoms with van der Waals surface area (Å²) in [5, 5.41) is 16.8. The zero-order valence-corrected chi connectivity index (χ0v) is 16.9. The number of nitrogens with one attached hydrogen (secondary N) is 2. The van der Waals surface area contributed by atoms with Gasteiger partial charge in [0, 0.05) is 29.0 Å². The van der Waals surface area contributed by atoms with Gasteiger partial charge in [-0.25, -0.2) is 4.98 Å². The minimum absolute atomic E-state index is 0.0146. The van der Waals surface area contributed by atoms with E-state index >= 15 is 0 Å². The molecule has 5 nitrogen and oxygen atoms in total. The monoisotopic (exact) mass is 377 g/mol. The molecule has 1 heterocycles. The normalized spacial score (nSPS) is 12.1. The van der Waals surface area contributed by atoms with E-state index in [1.54, 1.807) is 0 Å². The molecule has 1 aromatic heterocycles. The van der Waals surface area contributed by atoms with Gasteiger partial charge in [0.2, 0.25) is 5.88 Å². The summed E-state index contributed by atoms with van der Waals surface area (Å²) < 4.78 is 6.24. The molecule has 0 amide bonds. The lowest BCUT2D eigenvalue weighted by atomic mass is 10.1. The molecule has 2 rings (SSSR count). The van der Waals surface area contributed by atoms with Crippen molar-refractivity contribution in [2.75, 3.05) is 19.0 Å². The van der Waals surface area contributed by atoms with Crippen LogP contribution in [0, 0.1) is 20.8 Å². The van der Waals surface area contributed by atoms with Crippen molar-refractivity contribution >= 4 is 17.3 Å². The van der Waals surface area contributed by atoms with Gasteiger partial charge in [-0.2, -0.15) is 0 Å². The third kappa shape index (κ3) is 4.87. The van der Waals surface area contributed by atoms with Gasteiger partial charge >= 0.3 is 0 Å². The van der Waals surface area contributed by atoms with E-state index in [0.29, 0.717) is 17.4 Å². The van der Waals surface area contributed by atoms with Gasteiger partial charge in [0.25, 0.3) is 0 Å². The van der Waals surface area contributed by atoms with Crippen LogP contribution in [0.15, 0.2) is 18.2 Å². The van der Waals surface area contributed by atoms with Crippen LogP contribution in [0.1, 0.15) is 35.7 Å². The van der Waals surface area contributed by atoms with Crippen LogP contribution in [-0.4, -0.2) is 29.8 Å². The van der Waals surface area contributed by atoms with Gasteiger partial charge in [0.15, 0.2) is 0 Å². The van der Waals surface area contributed by atoms with Crippen molar-refractivity contribution in [2.45, 2.75) is 46.7 Å². The molecule has 1 atom stereocenters. The van der Waals surface area contributed by atoms with Crippen LogP contribution in [-0.2, 0) is 6.54 Å². The molecule has 0 aliphatic heterocycles. The Hall–Kier alpha value is -1.82. The molecule has 0 saturated heterocycles. The summed E-state index contributed by atoms with van der Waals surface area (Å²) in [4.78, 5) is 4.61. The van der Waals surface area contributed by atoms with Crippen LogP contribution in [0.5, 0.6) is 11.6 Å². The van der Waals surface area contributed by atoms with E-state index in [2.05, 4.69) is 15.6 Å². The van der Waals surface area contributed by atoms with Gasteiger partial charge in [0.05, 0.1) is 12.2 Å². The fourth-order valence-corrected chi connectivity index (χ4v) is 3.21. The van der Waals surface area contributed by atoms with Crippen molar-refractivity contribution in [2.24, 2.45) is 0 Å². The molecule has 0 spiro atoms. The van der Waals surface area contributed by atoms with Crippen LogP contribution in [0.3, 0.4) is 0 Å². The van der Waals surface area contributed by atoms with Crippen molar-refractivity contribution in [3.8, 4) is 11.6 Å². The Morgan fingerprint density at radius 3 is 2.38 bits per heavy atom. The molecule has 1 aromatic carbocycles. The lowest BCUT2D eigenvalue weighted by Gasteiger charge is -2.22. The number of ether oxygens (including phenoxy) is 1. The van der Waals surface area contributed by atoms with E-state index in [1.807, 2.05) is 52.9 Å². The Morgan fingerprint density at radius 2 is 1.85 bits per heavy atom. The summed E-state index contributed by atoms with van der Waals surface area (Å²) in [6.45, 7) is 8.58. The summed E-state index contributed by atoms with van der Waals surface area (Å²) in [5.41, 5.74) is 4.63. The average Bonchev–Trinajstić information content (AvgIpc) is 2.58. The van der Waals surface area contributed by atoms with Crippen LogP contribution in [0.4, 0.5) is 5.69 Å². The zero-order valence-electron chi connectivity index (χ0n) is 16.1. The van der Waals surface area contributed by atoms with Crippen LogP contribution < -0.4 is 15.4 Å². The number of hydrogen-bond acceptors (Lipinski definition) is 5. The van der Waals surface area contributed by atoms with Crippen LogP contribution in [0.2, 0.25) is 5.02 Å². The number of anilines is 1. The number of hydrogen-bond donors (Lipinski definition) is 3. The summed E-state index contributed by atoms with van der Waals surface area (Å²) in [5.74, 6) is 1.33. The molecule has 0 aliphatic carbocycles. The fraction of sp³-hybridized carbons (Fsp3) is 0.450. The lowest BCUT2D eigenvalue weighted by molar-refractivity contribution is 0.271. The summed E-state index contributed by atoms with van der Waals surface area (Å²) >= 11 is 6.13. The molecule has 0 bridgehead atoms. The van der Waals surface area contributed by atoms with Gasteiger partial charge in [-0.3, -0.25) is 0 Å². The minimum Gasteiger partial charge on any atom is -0.438 e. The number of nitrogens with zero attached hydrogens (tertiary/aromatic N) is 1. The first kappa shape index (κ1) is 20.5. The number of benzene rings is 1. The van der Waals surface area contributed by atoms with Gasteiger partial charge in [0.1, 0.15) is 5.75 Å². The molecule has 0 radical (unpaired) electrons. The lowest BCUT2D eigenvalue weighted by Crippen LogP contribution is -2.24. The number of rotatable bonds is 8. The molecular formula is C20H28ClN3O2. The number of pyridine rings is 1. The van der Waals surface area contributed by atoms with E-state index in [1.165, 1.54) is 0 Å². The number of halogens is 1. The first-order chi connectivity index (χ1) is 12.4. The number of aliphatic hydroxyl groups excluding tert-OH is 1. The van der Waals surface area contributed by atoms with Gasteiger partial charge in [-0.05, 0) is 63.6 Å². The highest BCUT2D eigenvalue weighted by Crippen LogP contribution is 2.35. The molecule has 0 aliphatic rings. The number of aromatic nitrogens is 1. The topological polar surface area (TPSA) is 66.4 Å². The van der Waals surface area contributed by atoms with E-state index in [-0.39, 0.29) is 12.6 Å². The van der Waals surface area contributed by atoms with Gasteiger partial charge in [-0.1, -0.05) is 18.5 Å². The molecule has 142 valence electrons. The second-order valence-electron chi connectivity index (χ2n) is 6.53. The predicted molar refractivity (Wildman–Crippen MR) is 108 cm³/mol. The molecular weight excluding hydrogens is 350 g/mol. The Morgan fingerprint density at radius 1 is 1.19 bits per heavy atom. The fourth-order valence-electron chi connectivity index (χ4n) is 2.88. The Labute approximate surface area is 160 Å². The molecule has 3 N–H and O–H groups in total. The van der Waals surface area contributed by atoms with Crippen molar-refractivity contribution in [1.29, 1.82) is 0 Å². The predicted octanol–water partition coefficient (Wildman–Crippen LogP) is 4.35. The standard InChI is InChI=1S/C20H28ClN3O2/c1-6-16(11-25)24-18-9-14(4)23-20(17(18)10-22-5)26-19-12(2)7-15(21)8-13(19)3/h7-9,16,22,25H,6,10-11H2,1-5H3,(H,23,24). The average molecular weight is 378 g/mol. The third-order valence-electron chi connectivity index (χ3n) is 4.26. The van der Waals surface area contributed by atoms with Crippen molar-refractivity contribution < 1.29 is 9.84 Å². The Balaban J connectivity index is 2.49. The summed E-state index contributed by atoms with van der Waals surface area (Å²) in [6.07, 6.45) is 0.822. The van der Waals surface area contributed by atoms with Gasteiger partial charge in [-0.15, -0.1) is 0 Å². The van der Waals surface area contributed by atoms with Crippen molar-refractivity contribution in [3.05, 3.63) is 45.6 Å². The highest BCUT2D eigenvalue weighted by molar-refractivity contribution is 6.30. The maximum atomic E-state index is 9.54. The smallest absolute Gasteiger partial charge is 0.226 e. The van der Waals surface area contributed by atoms with Crippen LogP contribution >= 0.6 is 11.6 Å². The molecule has 1 unspecified atom stereocenters. The van der Waals surface area contributed by atoms with E-state index in [4.69, 9.17) is 16.3 Å². The quantitative estimate of drug-likeness (QED) is 0.638.